The maximum atomic E-state index is 5.34. The first-order valence-electron chi connectivity index (χ1n) is 11.4. The zero-order valence-electron chi connectivity index (χ0n) is 19.4. The monoisotopic (exact) mass is 406 g/mol. The zero-order valence-corrected chi connectivity index (χ0v) is 19.4. The Balaban J connectivity index is 2.03. The number of rotatable bonds is 3. The summed E-state index contributed by atoms with van der Waals surface area (Å²) in [6, 6.07) is 18.0. The third-order valence-electron chi connectivity index (χ3n) is 6.34. The van der Waals surface area contributed by atoms with Gasteiger partial charge in [0.15, 0.2) is 0 Å². The number of benzene rings is 4. The molecular formula is C29H30N2. The van der Waals surface area contributed by atoms with Gasteiger partial charge in [0.05, 0.1) is 22.1 Å². The van der Waals surface area contributed by atoms with Crippen molar-refractivity contribution in [2.45, 2.75) is 53.9 Å². The minimum atomic E-state index is 0.402. The fourth-order valence-corrected chi connectivity index (χ4v) is 4.83. The molecule has 0 saturated carbocycles. The van der Waals surface area contributed by atoms with E-state index < -0.39 is 0 Å². The number of hydrogen-bond donors (Lipinski definition) is 0. The second-order valence-electron chi connectivity index (χ2n) is 9.78. The Labute approximate surface area is 184 Å². The van der Waals surface area contributed by atoms with E-state index in [9.17, 15) is 0 Å². The van der Waals surface area contributed by atoms with Crippen molar-refractivity contribution in [3.05, 3.63) is 70.8 Å². The van der Waals surface area contributed by atoms with Crippen LogP contribution >= 0.6 is 0 Å². The zero-order chi connectivity index (χ0) is 21.9. The number of fused-ring (bicyclic) bond motifs is 7. The maximum Gasteiger partial charge on any atom is 0.0979 e. The molecule has 31 heavy (non-hydrogen) atoms. The minimum absolute atomic E-state index is 0.402. The lowest BCUT2D eigenvalue weighted by Gasteiger charge is -2.16. The Morgan fingerprint density at radius 3 is 1.68 bits per heavy atom. The molecule has 156 valence electrons. The van der Waals surface area contributed by atoms with Crippen molar-refractivity contribution >= 4 is 43.6 Å². The van der Waals surface area contributed by atoms with Gasteiger partial charge in [-0.25, -0.2) is 9.97 Å². The molecule has 2 nitrogen and oxygen atoms in total. The summed E-state index contributed by atoms with van der Waals surface area (Å²) in [4.78, 5) is 10.7. The first-order chi connectivity index (χ1) is 14.8. The Hall–Kier alpha value is -3.00. The summed E-state index contributed by atoms with van der Waals surface area (Å²) < 4.78 is 0. The first kappa shape index (κ1) is 19.9. The number of aromatic nitrogens is 2. The second-order valence-corrected chi connectivity index (χ2v) is 9.78. The van der Waals surface area contributed by atoms with Crippen LogP contribution in [0.25, 0.3) is 43.6 Å². The van der Waals surface area contributed by atoms with Crippen molar-refractivity contribution < 1.29 is 0 Å². The van der Waals surface area contributed by atoms with Crippen LogP contribution in [-0.4, -0.2) is 9.97 Å². The fraction of sp³-hybridized carbons (Fsp3) is 0.310. The average molecular weight is 407 g/mol. The normalized spacial score (nSPS) is 12.3. The summed E-state index contributed by atoms with van der Waals surface area (Å²) in [7, 11) is 0. The van der Waals surface area contributed by atoms with Crippen LogP contribution in [0.2, 0.25) is 0 Å². The molecule has 0 bridgehead atoms. The van der Waals surface area contributed by atoms with Gasteiger partial charge in [0.2, 0.25) is 0 Å². The summed E-state index contributed by atoms with van der Waals surface area (Å²) >= 11 is 0. The standard InChI is InChI=1S/C29H30N2/c1-16(2)13-20-9-12-21(17(3)4)27-26(20)30-28-22-10-7-18(5)14-24(22)25-15-19(6)8-11-23(25)29(28)31-27/h7-12,14-17H,13H2,1-6H3. The Bertz CT molecular complexity index is 1480. The lowest BCUT2D eigenvalue weighted by Crippen LogP contribution is -2.02. The van der Waals surface area contributed by atoms with Crippen LogP contribution in [0.3, 0.4) is 0 Å². The van der Waals surface area contributed by atoms with Crippen LogP contribution in [0.15, 0.2) is 48.5 Å². The predicted octanol–water partition coefficient (Wildman–Crippen LogP) is 8.03. The van der Waals surface area contributed by atoms with Gasteiger partial charge in [-0.2, -0.15) is 0 Å². The highest BCUT2D eigenvalue weighted by Crippen LogP contribution is 2.37. The van der Waals surface area contributed by atoms with E-state index in [4.69, 9.17) is 9.97 Å². The Morgan fingerprint density at radius 2 is 1.16 bits per heavy atom. The lowest BCUT2D eigenvalue weighted by atomic mass is 9.93. The van der Waals surface area contributed by atoms with Crippen molar-refractivity contribution in [1.29, 1.82) is 0 Å². The van der Waals surface area contributed by atoms with Crippen LogP contribution in [0, 0.1) is 19.8 Å². The van der Waals surface area contributed by atoms with Crippen molar-refractivity contribution in [3.8, 4) is 0 Å². The molecular weight excluding hydrogens is 376 g/mol. The first-order valence-corrected chi connectivity index (χ1v) is 11.4. The highest BCUT2D eigenvalue weighted by Gasteiger charge is 2.17. The molecule has 1 heterocycles. The molecule has 0 amide bonds. The van der Waals surface area contributed by atoms with Gasteiger partial charge in [0.25, 0.3) is 0 Å². The number of hydrogen-bond acceptors (Lipinski definition) is 2. The summed E-state index contributed by atoms with van der Waals surface area (Å²) in [5.41, 5.74) is 9.28. The molecule has 0 N–H and O–H groups in total. The fourth-order valence-electron chi connectivity index (χ4n) is 4.83. The van der Waals surface area contributed by atoms with Crippen molar-refractivity contribution in [1.82, 2.24) is 9.97 Å². The molecule has 5 rings (SSSR count). The van der Waals surface area contributed by atoms with Gasteiger partial charge < -0.3 is 0 Å². The van der Waals surface area contributed by atoms with Gasteiger partial charge in [0.1, 0.15) is 0 Å². The average Bonchev–Trinajstić information content (AvgIpc) is 2.72. The van der Waals surface area contributed by atoms with E-state index >= 15 is 0 Å². The van der Waals surface area contributed by atoms with Crippen LogP contribution in [-0.2, 0) is 6.42 Å². The third kappa shape index (κ3) is 3.26. The van der Waals surface area contributed by atoms with Gasteiger partial charge in [0, 0.05) is 10.8 Å². The lowest BCUT2D eigenvalue weighted by molar-refractivity contribution is 0.649. The highest BCUT2D eigenvalue weighted by molar-refractivity contribution is 6.24. The van der Waals surface area contributed by atoms with Crippen LogP contribution < -0.4 is 0 Å². The molecule has 4 aromatic carbocycles. The van der Waals surface area contributed by atoms with Crippen LogP contribution in [0.5, 0.6) is 0 Å². The molecule has 2 heteroatoms. The van der Waals surface area contributed by atoms with Crippen LogP contribution in [0.4, 0.5) is 0 Å². The number of nitrogens with zero attached hydrogens (tertiary/aromatic N) is 2. The molecule has 0 unspecified atom stereocenters. The SMILES string of the molecule is Cc1ccc2c(c1)c1cc(C)ccc1c1nc3c(C(C)C)ccc(CC(C)C)c3nc21. The molecule has 0 saturated heterocycles. The summed E-state index contributed by atoms with van der Waals surface area (Å²) in [6.45, 7) is 13.3. The largest absolute Gasteiger partial charge is 0.244 e. The van der Waals surface area contributed by atoms with Crippen LogP contribution in [0.1, 0.15) is 55.9 Å². The van der Waals surface area contributed by atoms with E-state index in [1.54, 1.807) is 0 Å². The van der Waals surface area contributed by atoms with E-state index in [1.807, 2.05) is 0 Å². The minimum Gasteiger partial charge on any atom is -0.244 e. The topological polar surface area (TPSA) is 25.8 Å². The van der Waals surface area contributed by atoms with E-state index in [1.165, 1.54) is 43.8 Å². The smallest absolute Gasteiger partial charge is 0.0979 e. The number of aryl methyl sites for hydroxylation is 2. The molecule has 0 radical (unpaired) electrons. The van der Waals surface area contributed by atoms with Gasteiger partial charge in [-0.05, 0) is 54.0 Å². The summed E-state index contributed by atoms with van der Waals surface area (Å²) in [5.74, 6) is 0.975. The molecule has 5 aromatic rings. The molecule has 0 atom stereocenters. The van der Waals surface area contributed by atoms with Gasteiger partial charge >= 0.3 is 0 Å². The van der Waals surface area contributed by atoms with Gasteiger partial charge in [-0.1, -0.05) is 87.4 Å². The molecule has 0 aliphatic rings. The second kappa shape index (κ2) is 7.30. The van der Waals surface area contributed by atoms with Crippen molar-refractivity contribution in [2.24, 2.45) is 5.92 Å². The molecule has 1 aromatic heterocycles. The van der Waals surface area contributed by atoms with E-state index in [0.29, 0.717) is 11.8 Å². The van der Waals surface area contributed by atoms with Gasteiger partial charge in [-0.15, -0.1) is 0 Å². The summed E-state index contributed by atoms with van der Waals surface area (Å²) in [6.07, 6.45) is 1.01. The third-order valence-corrected chi connectivity index (χ3v) is 6.34. The van der Waals surface area contributed by atoms with E-state index in [2.05, 4.69) is 90.1 Å². The Morgan fingerprint density at radius 1 is 0.613 bits per heavy atom. The predicted molar refractivity (Wildman–Crippen MR) is 134 cm³/mol. The van der Waals surface area contributed by atoms with E-state index in [0.717, 1.165) is 28.5 Å². The van der Waals surface area contributed by atoms with Crippen molar-refractivity contribution in [2.75, 3.05) is 0 Å². The van der Waals surface area contributed by atoms with Gasteiger partial charge in [-0.3, -0.25) is 0 Å². The molecule has 0 spiro atoms. The highest BCUT2D eigenvalue weighted by atomic mass is 14.8. The molecule has 0 aliphatic heterocycles. The quantitative estimate of drug-likeness (QED) is 0.224. The van der Waals surface area contributed by atoms with E-state index in [-0.39, 0.29) is 0 Å². The molecule has 0 aliphatic carbocycles. The molecule has 0 fully saturated rings. The maximum absolute atomic E-state index is 5.34. The Kier molecular flexibility index (Phi) is 4.69. The summed E-state index contributed by atoms with van der Waals surface area (Å²) in [5, 5.41) is 4.92. The van der Waals surface area contributed by atoms with Crippen molar-refractivity contribution in [3.63, 3.8) is 0 Å².